The molecule has 4 atom stereocenters. The lowest BCUT2D eigenvalue weighted by molar-refractivity contribution is -0.163. The van der Waals surface area contributed by atoms with Crippen LogP contribution in [0.1, 0.15) is 39.5 Å². The van der Waals surface area contributed by atoms with Gasteiger partial charge in [-0.2, -0.15) is 0 Å². The number of carbonyl (C=O) groups excluding carboxylic acids is 2. The third-order valence-corrected chi connectivity index (χ3v) is 5.10. The van der Waals surface area contributed by atoms with E-state index in [1.807, 2.05) is 13.8 Å². The van der Waals surface area contributed by atoms with Crippen molar-refractivity contribution in [3.05, 3.63) is 0 Å². The minimum Gasteiger partial charge on any atom is -0.392 e. The van der Waals surface area contributed by atoms with Crippen molar-refractivity contribution in [1.82, 2.24) is 4.90 Å². The van der Waals surface area contributed by atoms with Gasteiger partial charge in [-0.3, -0.25) is 14.5 Å². The van der Waals surface area contributed by atoms with Gasteiger partial charge in [-0.05, 0) is 19.3 Å². The number of hydrogen-bond acceptors (Lipinski definition) is 3. The second kappa shape index (κ2) is 3.31. The first-order chi connectivity index (χ1) is 7.94. The Morgan fingerprint density at radius 3 is 2.12 bits per heavy atom. The number of hydrogen-bond donors (Lipinski definition) is 1. The van der Waals surface area contributed by atoms with Gasteiger partial charge in [-0.25, -0.2) is 0 Å². The van der Waals surface area contributed by atoms with Crippen molar-refractivity contribution in [3.63, 3.8) is 0 Å². The molecule has 0 aromatic carbocycles. The molecule has 2 amide bonds. The van der Waals surface area contributed by atoms with Crippen molar-refractivity contribution in [1.29, 1.82) is 0 Å². The zero-order valence-electron chi connectivity index (χ0n) is 10.3. The van der Waals surface area contributed by atoms with Crippen LogP contribution < -0.4 is 0 Å². The molecule has 4 unspecified atom stereocenters. The molecular weight excluding hydrogens is 218 g/mol. The van der Waals surface area contributed by atoms with Crippen LogP contribution in [-0.4, -0.2) is 34.0 Å². The first-order valence-electron chi connectivity index (χ1n) is 6.49. The predicted molar refractivity (Wildman–Crippen MR) is 60.9 cm³/mol. The lowest BCUT2D eigenvalue weighted by Gasteiger charge is -2.52. The van der Waals surface area contributed by atoms with Gasteiger partial charge >= 0.3 is 0 Å². The lowest BCUT2D eigenvalue weighted by Crippen LogP contribution is -2.62. The van der Waals surface area contributed by atoms with Crippen molar-refractivity contribution in [3.8, 4) is 0 Å². The third kappa shape index (κ3) is 1.27. The smallest absolute Gasteiger partial charge is 0.233 e. The summed E-state index contributed by atoms with van der Waals surface area (Å²) in [6, 6.07) is -0.0944. The van der Waals surface area contributed by atoms with E-state index in [2.05, 4.69) is 0 Å². The van der Waals surface area contributed by atoms with Crippen LogP contribution in [0.5, 0.6) is 0 Å². The molecule has 4 heteroatoms. The number of fused-ring (bicyclic) bond motifs is 1. The van der Waals surface area contributed by atoms with Crippen LogP contribution in [0.3, 0.4) is 0 Å². The number of carbonyl (C=O) groups is 2. The Bertz CT molecular complexity index is 368. The zero-order chi connectivity index (χ0) is 12.4. The summed E-state index contributed by atoms with van der Waals surface area (Å²) >= 11 is 0. The van der Waals surface area contributed by atoms with Gasteiger partial charge in [0.25, 0.3) is 0 Å². The molecule has 94 valence electrons. The second-order valence-corrected chi connectivity index (χ2v) is 6.28. The number of imide groups is 1. The molecule has 4 nitrogen and oxygen atoms in total. The summed E-state index contributed by atoms with van der Waals surface area (Å²) in [5.74, 6) is -0.0861. The van der Waals surface area contributed by atoms with E-state index in [4.69, 9.17) is 0 Å². The lowest BCUT2D eigenvalue weighted by atomic mass is 9.64. The van der Waals surface area contributed by atoms with Gasteiger partial charge in [-0.1, -0.05) is 20.3 Å². The largest absolute Gasteiger partial charge is 0.392 e. The van der Waals surface area contributed by atoms with Gasteiger partial charge in [0.2, 0.25) is 11.8 Å². The highest BCUT2D eigenvalue weighted by molar-refractivity contribution is 6.06. The minimum atomic E-state index is -0.395. The SMILES string of the molecule is CC1(C)C(O)CC1N1C(=O)C2CCCC2C1=O. The van der Waals surface area contributed by atoms with Crippen LogP contribution in [0.2, 0.25) is 0 Å². The topological polar surface area (TPSA) is 57.6 Å². The summed E-state index contributed by atoms with van der Waals surface area (Å²) in [7, 11) is 0. The van der Waals surface area contributed by atoms with Crippen LogP contribution >= 0.6 is 0 Å². The summed E-state index contributed by atoms with van der Waals surface area (Å²) < 4.78 is 0. The molecule has 0 aromatic heterocycles. The molecule has 1 aliphatic heterocycles. The molecule has 2 aliphatic carbocycles. The van der Waals surface area contributed by atoms with Gasteiger partial charge < -0.3 is 5.11 Å². The molecule has 1 N–H and O–H groups in total. The molecule has 2 saturated carbocycles. The van der Waals surface area contributed by atoms with Crippen molar-refractivity contribution in [2.75, 3.05) is 0 Å². The van der Waals surface area contributed by atoms with E-state index >= 15 is 0 Å². The van der Waals surface area contributed by atoms with Gasteiger partial charge in [0.1, 0.15) is 0 Å². The Balaban J connectivity index is 1.86. The fourth-order valence-electron chi connectivity index (χ4n) is 3.64. The fourth-order valence-corrected chi connectivity index (χ4v) is 3.64. The van der Waals surface area contributed by atoms with Crippen LogP contribution in [-0.2, 0) is 9.59 Å². The standard InChI is InChI=1S/C13H19NO3/c1-13(2)9(6-10(13)15)14-11(16)7-4-3-5-8(7)12(14)17/h7-10,15H,3-6H2,1-2H3. The van der Waals surface area contributed by atoms with Crippen molar-refractivity contribution < 1.29 is 14.7 Å². The summed E-state index contributed by atoms with van der Waals surface area (Å²) in [6.07, 6.45) is 2.87. The Kier molecular flexibility index (Phi) is 2.18. The normalized spacial score (nSPS) is 43.8. The van der Waals surface area contributed by atoms with E-state index in [0.29, 0.717) is 6.42 Å². The summed E-state index contributed by atoms with van der Waals surface area (Å²) in [6.45, 7) is 3.86. The van der Waals surface area contributed by atoms with Crippen LogP contribution in [0, 0.1) is 17.3 Å². The Morgan fingerprint density at radius 2 is 1.71 bits per heavy atom. The highest BCUT2D eigenvalue weighted by atomic mass is 16.3. The predicted octanol–water partition coefficient (Wildman–Crippen LogP) is 0.931. The quantitative estimate of drug-likeness (QED) is 0.690. The molecule has 0 aromatic rings. The molecule has 0 spiro atoms. The number of likely N-dealkylation sites (tertiary alicyclic amines) is 1. The number of aliphatic hydroxyl groups excluding tert-OH is 1. The van der Waals surface area contributed by atoms with Crippen molar-refractivity contribution >= 4 is 11.8 Å². The first kappa shape index (κ1) is 11.2. The van der Waals surface area contributed by atoms with E-state index in [-0.39, 0.29) is 35.1 Å². The number of amides is 2. The maximum absolute atomic E-state index is 12.2. The summed E-state index contributed by atoms with van der Waals surface area (Å²) in [5, 5.41) is 9.73. The molecular formula is C13H19NO3. The van der Waals surface area contributed by atoms with Crippen LogP contribution in [0.4, 0.5) is 0 Å². The average Bonchev–Trinajstić information content (AvgIpc) is 2.83. The highest BCUT2D eigenvalue weighted by Crippen LogP contribution is 2.49. The average molecular weight is 237 g/mol. The van der Waals surface area contributed by atoms with Gasteiger partial charge in [0.15, 0.2) is 0 Å². The molecule has 0 bridgehead atoms. The number of rotatable bonds is 1. The molecule has 1 heterocycles. The molecule has 3 aliphatic rings. The molecule has 3 rings (SSSR count). The summed E-state index contributed by atoms with van der Waals surface area (Å²) in [4.78, 5) is 26.0. The fraction of sp³-hybridized carbons (Fsp3) is 0.846. The Labute approximate surface area is 101 Å². The van der Waals surface area contributed by atoms with Gasteiger partial charge in [0, 0.05) is 11.5 Å². The second-order valence-electron chi connectivity index (χ2n) is 6.28. The van der Waals surface area contributed by atoms with Crippen molar-refractivity contribution in [2.24, 2.45) is 17.3 Å². The summed E-state index contributed by atoms with van der Waals surface area (Å²) in [5.41, 5.74) is -0.343. The van der Waals surface area contributed by atoms with Crippen LogP contribution in [0.15, 0.2) is 0 Å². The molecule has 1 saturated heterocycles. The molecule has 3 fully saturated rings. The molecule has 17 heavy (non-hydrogen) atoms. The van der Waals surface area contributed by atoms with E-state index < -0.39 is 6.10 Å². The monoisotopic (exact) mass is 237 g/mol. The Hall–Kier alpha value is -0.900. The first-order valence-corrected chi connectivity index (χ1v) is 6.49. The van der Waals surface area contributed by atoms with E-state index in [1.54, 1.807) is 0 Å². The zero-order valence-corrected chi connectivity index (χ0v) is 10.3. The van der Waals surface area contributed by atoms with E-state index in [1.165, 1.54) is 4.90 Å². The van der Waals surface area contributed by atoms with Crippen LogP contribution in [0.25, 0.3) is 0 Å². The number of nitrogens with zero attached hydrogens (tertiary/aromatic N) is 1. The molecule has 0 radical (unpaired) electrons. The maximum Gasteiger partial charge on any atom is 0.233 e. The Morgan fingerprint density at radius 1 is 1.18 bits per heavy atom. The minimum absolute atomic E-state index is 0.0162. The van der Waals surface area contributed by atoms with Gasteiger partial charge in [-0.15, -0.1) is 0 Å². The van der Waals surface area contributed by atoms with E-state index in [9.17, 15) is 14.7 Å². The third-order valence-electron chi connectivity index (χ3n) is 5.10. The highest BCUT2D eigenvalue weighted by Gasteiger charge is 2.59. The van der Waals surface area contributed by atoms with E-state index in [0.717, 1.165) is 19.3 Å². The van der Waals surface area contributed by atoms with Crippen molar-refractivity contribution in [2.45, 2.75) is 51.7 Å². The maximum atomic E-state index is 12.2. The number of aliphatic hydroxyl groups is 1. The van der Waals surface area contributed by atoms with Gasteiger partial charge in [0.05, 0.1) is 17.9 Å².